The van der Waals surface area contributed by atoms with Gasteiger partial charge in [-0.2, -0.15) is 0 Å². The summed E-state index contributed by atoms with van der Waals surface area (Å²) in [6, 6.07) is 10.1. The van der Waals surface area contributed by atoms with Crippen molar-refractivity contribution < 1.29 is 10.2 Å². The average Bonchev–Trinajstić information content (AvgIpc) is 2.67. The summed E-state index contributed by atoms with van der Waals surface area (Å²) < 4.78 is 0. The van der Waals surface area contributed by atoms with Gasteiger partial charge in [0.25, 0.3) is 0 Å². The third-order valence-electron chi connectivity index (χ3n) is 3.75. The number of aliphatic hydroxyl groups excluding tert-OH is 2. The van der Waals surface area contributed by atoms with Gasteiger partial charge in [-0.05, 0) is 31.2 Å². The third kappa shape index (κ3) is 3.06. The van der Waals surface area contributed by atoms with Gasteiger partial charge >= 0.3 is 0 Å². The second kappa shape index (κ2) is 5.63. The standard InChI is InChI=1S/C14H21NO2/c15-11(14-12(16)8-9-13(14)17)7-6-10-4-2-1-3-5-10/h1-5,11-14,16-17H,6-9,15H2/t11-,12?,13?,14?/m0/s1. The SMILES string of the molecule is N[C@@H](CCc1ccccc1)C1C(O)CCC1O. The minimum Gasteiger partial charge on any atom is -0.393 e. The summed E-state index contributed by atoms with van der Waals surface area (Å²) in [6.45, 7) is 0. The Balaban J connectivity index is 1.87. The van der Waals surface area contributed by atoms with E-state index in [1.54, 1.807) is 0 Å². The maximum absolute atomic E-state index is 9.79. The average molecular weight is 235 g/mol. The van der Waals surface area contributed by atoms with Crippen molar-refractivity contribution in [3.05, 3.63) is 35.9 Å². The van der Waals surface area contributed by atoms with Crippen LogP contribution in [0.3, 0.4) is 0 Å². The first-order valence-corrected chi connectivity index (χ1v) is 6.34. The minimum absolute atomic E-state index is 0.122. The smallest absolute Gasteiger partial charge is 0.0608 e. The predicted molar refractivity (Wildman–Crippen MR) is 67.5 cm³/mol. The Hall–Kier alpha value is -0.900. The van der Waals surface area contributed by atoms with Gasteiger partial charge in [-0.3, -0.25) is 0 Å². The van der Waals surface area contributed by atoms with E-state index in [0.717, 1.165) is 12.8 Å². The molecule has 3 atom stereocenters. The maximum atomic E-state index is 9.79. The molecule has 0 heterocycles. The molecule has 0 saturated heterocycles. The molecule has 17 heavy (non-hydrogen) atoms. The first-order chi connectivity index (χ1) is 8.18. The Bertz CT molecular complexity index is 331. The Morgan fingerprint density at radius 1 is 1.12 bits per heavy atom. The van der Waals surface area contributed by atoms with E-state index in [1.807, 2.05) is 18.2 Å². The summed E-state index contributed by atoms with van der Waals surface area (Å²) in [5.41, 5.74) is 7.34. The largest absolute Gasteiger partial charge is 0.393 e. The monoisotopic (exact) mass is 235 g/mol. The molecule has 3 nitrogen and oxygen atoms in total. The molecule has 1 aliphatic carbocycles. The molecule has 1 aliphatic rings. The lowest BCUT2D eigenvalue weighted by Gasteiger charge is -2.25. The van der Waals surface area contributed by atoms with E-state index in [0.29, 0.717) is 12.8 Å². The van der Waals surface area contributed by atoms with Crippen LogP contribution in [0.25, 0.3) is 0 Å². The van der Waals surface area contributed by atoms with Gasteiger partial charge in [-0.1, -0.05) is 30.3 Å². The molecule has 0 spiro atoms. The summed E-state index contributed by atoms with van der Waals surface area (Å²) in [5, 5.41) is 19.6. The van der Waals surface area contributed by atoms with Crippen LogP contribution in [0.4, 0.5) is 0 Å². The zero-order valence-corrected chi connectivity index (χ0v) is 10.00. The van der Waals surface area contributed by atoms with Crippen LogP contribution < -0.4 is 5.73 Å². The second-order valence-corrected chi connectivity index (χ2v) is 4.98. The van der Waals surface area contributed by atoms with Crippen LogP contribution in [0.15, 0.2) is 30.3 Å². The number of hydrogen-bond donors (Lipinski definition) is 3. The van der Waals surface area contributed by atoms with Gasteiger partial charge in [0.05, 0.1) is 12.2 Å². The molecule has 2 rings (SSSR count). The first-order valence-electron chi connectivity index (χ1n) is 6.34. The van der Waals surface area contributed by atoms with Crippen LogP contribution >= 0.6 is 0 Å². The van der Waals surface area contributed by atoms with Crippen molar-refractivity contribution in [3.63, 3.8) is 0 Å². The van der Waals surface area contributed by atoms with Crippen LogP contribution in [0.5, 0.6) is 0 Å². The van der Waals surface area contributed by atoms with Crippen molar-refractivity contribution in [1.29, 1.82) is 0 Å². The van der Waals surface area contributed by atoms with Crippen LogP contribution in [0.1, 0.15) is 24.8 Å². The second-order valence-electron chi connectivity index (χ2n) is 4.98. The summed E-state index contributed by atoms with van der Waals surface area (Å²) in [4.78, 5) is 0. The molecule has 0 amide bonds. The highest BCUT2D eigenvalue weighted by atomic mass is 16.3. The van der Waals surface area contributed by atoms with Crippen molar-refractivity contribution in [1.82, 2.24) is 0 Å². The molecule has 0 bridgehead atoms. The zero-order chi connectivity index (χ0) is 12.3. The van der Waals surface area contributed by atoms with E-state index >= 15 is 0 Å². The predicted octanol–water partition coefficient (Wildman–Crippen LogP) is 1.08. The molecule has 3 heteroatoms. The van der Waals surface area contributed by atoms with Gasteiger partial charge in [-0.15, -0.1) is 0 Å². The van der Waals surface area contributed by atoms with Gasteiger partial charge in [-0.25, -0.2) is 0 Å². The van der Waals surface area contributed by atoms with Gasteiger partial charge < -0.3 is 15.9 Å². The highest BCUT2D eigenvalue weighted by Gasteiger charge is 2.37. The first kappa shape index (κ1) is 12.6. The topological polar surface area (TPSA) is 66.5 Å². The number of benzene rings is 1. The summed E-state index contributed by atoms with van der Waals surface area (Å²) in [7, 11) is 0. The lowest BCUT2D eigenvalue weighted by atomic mass is 9.90. The van der Waals surface area contributed by atoms with E-state index in [4.69, 9.17) is 5.73 Å². The molecule has 0 radical (unpaired) electrons. The van der Waals surface area contributed by atoms with E-state index in [2.05, 4.69) is 12.1 Å². The van der Waals surface area contributed by atoms with Crippen LogP contribution in [-0.4, -0.2) is 28.5 Å². The van der Waals surface area contributed by atoms with E-state index in [9.17, 15) is 10.2 Å². The maximum Gasteiger partial charge on any atom is 0.0608 e. The fraction of sp³-hybridized carbons (Fsp3) is 0.571. The van der Waals surface area contributed by atoms with Crippen molar-refractivity contribution in [3.8, 4) is 0 Å². The third-order valence-corrected chi connectivity index (χ3v) is 3.75. The lowest BCUT2D eigenvalue weighted by Crippen LogP contribution is -2.40. The minimum atomic E-state index is -0.434. The van der Waals surface area contributed by atoms with Crippen molar-refractivity contribution in [2.24, 2.45) is 11.7 Å². The van der Waals surface area contributed by atoms with Gasteiger partial charge in [0.1, 0.15) is 0 Å². The Labute approximate surface area is 102 Å². The Morgan fingerprint density at radius 3 is 2.29 bits per heavy atom. The van der Waals surface area contributed by atoms with Gasteiger partial charge in [0.2, 0.25) is 0 Å². The fourth-order valence-corrected chi connectivity index (χ4v) is 2.72. The molecular weight excluding hydrogens is 214 g/mol. The van der Waals surface area contributed by atoms with Crippen LogP contribution in [-0.2, 0) is 6.42 Å². The molecule has 1 saturated carbocycles. The normalized spacial score (nSPS) is 30.4. The number of aliphatic hydroxyl groups is 2. The van der Waals surface area contributed by atoms with E-state index in [-0.39, 0.29) is 12.0 Å². The quantitative estimate of drug-likeness (QED) is 0.731. The molecule has 2 unspecified atom stereocenters. The Kier molecular flexibility index (Phi) is 4.15. The number of aryl methyl sites for hydroxylation is 1. The number of hydrogen-bond acceptors (Lipinski definition) is 3. The molecule has 1 aromatic rings. The van der Waals surface area contributed by atoms with Gasteiger partial charge in [0.15, 0.2) is 0 Å². The van der Waals surface area contributed by atoms with E-state index < -0.39 is 12.2 Å². The number of nitrogens with two attached hydrogens (primary N) is 1. The lowest BCUT2D eigenvalue weighted by molar-refractivity contribution is 0.0486. The molecule has 1 aromatic carbocycles. The zero-order valence-electron chi connectivity index (χ0n) is 10.00. The summed E-state index contributed by atoms with van der Waals surface area (Å²) in [5.74, 6) is -0.154. The van der Waals surface area contributed by atoms with Crippen LogP contribution in [0.2, 0.25) is 0 Å². The van der Waals surface area contributed by atoms with Gasteiger partial charge in [0, 0.05) is 12.0 Å². The van der Waals surface area contributed by atoms with Crippen molar-refractivity contribution in [2.75, 3.05) is 0 Å². The van der Waals surface area contributed by atoms with Crippen molar-refractivity contribution in [2.45, 2.75) is 43.9 Å². The van der Waals surface area contributed by atoms with Crippen molar-refractivity contribution >= 4 is 0 Å². The number of rotatable bonds is 4. The molecular formula is C14H21NO2. The highest BCUT2D eigenvalue weighted by molar-refractivity contribution is 5.15. The fourth-order valence-electron chi connectivity index (χ4n) is 2.72. The molecule has 1 fully saturated rings. The molecule has 94 valence electrons. The highest BCUT2D eigenvalue weighted by Crippen LogP contribution is 2.29. The van der Waals surface area contributed by atoms with Crippen LogP contribution in [0, 0.1) is 5.92 Å². The molecule has 0 aliphatic heterocycles. The summed E-state index contributed by atoms with van der Waals surface area (Å²) in [6.07, 6.45) is 2.18. The van der Waals surface area contributed by atoms with E-state index in [1.165, 1.54) is 5.56 Å². The molecule has 4 N–H and O–H groups in total. The Morgan fingerprint density at radius 2 is 1.71 bits per heavy atom. The molecule has 0 aromatic heterocycles. The summed E-state index contributed by atoms with van der Waals surface area (Å²) >= 11 is 0.